The Bertz CT molecular complexity index is 650. The average Bonchev–Trinajstić information content (AvgIpc) is 2.33. The standard InChI is InChI=1S/C12H10F3N3O2/c13-12(14,15)20-10-3-1-8(2-4-10)7-18-11(19)5-9(16)6-17-18/h1-6H,7,16H2. The number of halogens is 3. The highest BCUT2D eigenvalue weighted by molar-refractivity contribution is 5.32. The summed E-state index contributed by atoms with van der Waals surface area (Å²) in [6.07, 6.45) is -3.40. The van der Waals surface area contributed by atoms with Crippen molar-refractivity contribution in [3.8, 4) is 5.75 Å². The molecule has 0 atom stereocenters. The molecule has 0 unspecified atom stereocenters. The molecule has 2 rings (SSSR count). The van der Waals surface area contributed by atoms with Crippen molar-refractivity contribution in [2.24, 2.45) is 0 Å². The smallest absolute Gasteiger partial charge is 0.406 e. The van der Waals surface area contributed by atoms with Gasteiger partial charge in [-0.2, -0.15) is 5.10 Å². The Balaban J connectivity index is 2.13. The maximum atomic E-state index is 12.0. The Hall–Kier alpha value is -2.51. The van der Waals surface area contributed by atoms with E-state index >= 15 is 0 Å². The lowest BCUT2D eigenvalue weighted by molar-refractivity contribution is -0.274. The number of anilines is 1. The second-order valence-corrected chi connectivity index (χ2v) is 3.98. The summed E-state index contributed by atoms with van der Waals surface area (Å²) in [5.74, 6) is -0.320. The number of alkyl halides is 3. The minimum Gasteiger partial charge on any atom is -0.406 e. The van der Waals surface area contributed by atoms with Gasteiger partial charge in [-0.3, -0.25) is 4.79 Å². The van der Waals surface area contributed by atoms with Crippen LogP contribution in [0.2, 0.25) is 0 Å². The number of nitrogens with two attached hydrogens (primary N) is 1. The summed E-state index contributed by atoms with van der Waals surface area (Å²) in [4.78, 5) is 11.5. The SMILES string of the molecule is Nc1cnn(Cc2ccc(OC(F)(F)F)cc2)c(=O)c1. The van der Waals surface area contributed by atoms with Crippen molar-refractivity contribution in [1.29, 1.82) is 0 Å². The van der Waals surface area contributed by atoms with E-state index in [4.69, 9.17) is 5.73 Å². The number of ether oxygens (including phenoxy) is 1. The summed E-state index contributed by atoms with van der Waals surface area (Å²) in [6, 6.07) is 6.40. The number of hydrogen-bond acceptors (Lipinski definition) is 4. The number of nitrogen functional groups attached to an aromatic ring is 1. The lowest BCUT2D eigenvalue weighted by atomic mass is 10.2. The molecule has 20 heavy (non-hydrogen) atoms. The molecule has 0 spiro atoms. The first-order valence-corrected chi connectivity index (χ1v) is 5.51. The Morgan fingerprint density at radius 3 is 2.45 bits per heavy atom. The highest BCUT2D eigenvalue weighted by Crippen LogP contribution is 2.22. The van der Waals surface area contributed by atoms with E-state index in [0.717, 1.165) is 4.68 Å². The van der Waals surface area contributed by atoms with E-state index in [1.807, 2.05) is 0 Å². The summed E-state index contributed by atoms with van der Waals surface area (Å²) in [5.41, 5.74) is 5.87. The van der Waals surface area contributed by atoms with Crippen LogP contribution in [0.4, 0.5) is 18.9 Å². The quantitative estimate of drug-likeness (QED) is 0.933. The molecule has 0 aliphatic rings. The minimum atomic E-state index is -4.73. The number of benzene rings is 1. The monoisotopic (exact) mass is 285 g/mol. The molecule has 0 radical (unpaired) electrons. The third-order valence-electron chi connectivity index (χ3n) is 2.38. The van der Waals surface area contributed by atoms with Crippen molar-refractivity contribution < 1.29 is 17.9 Å². The first kappa shape index (κ1) is 13.9. The van der Waals surface area contributed by atoms with Gasteiger partial charge in [0.2, 0.25) is 0 Å². The Kier molecular flexibility index (Phi) is 3.64. The molecule has 0 saturated carbocycles. The summed E-state index contributed by atoms with van der Waals surface area (Å²) in [7, 11) is 0. The van der Waals surface area contributed by atoms with Crippen molar-refractivity contribution in [2.75, 3.05) is 5.73 Å². The lowest BCUT2D eigenvalue weighted by Crippen LogP contribution is -2.22. The molecule has 5 nitrogen and oxygen atoms in total. The van der Waals surface area contributed by atoms with Crippen molar-refractivity contribution in [1.82, 2.24) is 9.78 Å². The van der Waals surface area contributed by atoms with Gasteiger partial charge in [-0.25, -0.2) is 4.68 Å². The third-order valence-corrected chi connectivity index (χ3v) is 2.38. The van der Waals surface area contributed by atoms with Gasteiger partial charge in [0.1, 0.15) is 5.75 Å². The van der Waals surface area contributed by atoms with Crippen LogP contribution in [-0.2, 0) is 6.54 Å². The van der Waals surface area contributed by atoms with E-state index in [1.54, 1.807) is 0 Å². The third kappa shape index (κ3) is 3.74. The Morgan fingerprint density at radius 1 is 1.25 bits per heavy atom. The van der Waals surface area contributed by atoms with Gasteiger partial charge in [-0.1, -0.05) is 12.1 Å². The first-order chi connectivity index (χ1) is 9.33. The van der Waals surface area contributed by atoms with Gasteiger partial charge in [0.15, 0.2) is 0 Å². The molecule has 0 aliphatic carbocycles. The highest BCUT2D eigenvalue weighted by Gasteiger charge is 2.30. The van der Waals surface area contributed by atoms with Gasteiger partial charge in [0.25, 0.3) is 5.56 Å². The predicted octanol–water partition coefficient (Wildman–Crippen LogP) is 1.77. The molecule has 0 saturated heterocycles. The zero-order valence-electron chi connectivity index (χ0n) is 10.1. The maximum absolute atomic E-state index is 12.0. The zero-order valence-corrected chi connectivity index (χ0v) is 10.1. The van der Waals surface area contributed by atoms with E-state index in [9.17, 15) is 18.0 Å². The molecule has 8 heteroatoms. The molecule has 1 heterocycles. The number of aromatic nitrogens is 2. The van der Waals surface area contributed by atoms with Crippen molar-refractivity contribution in [3.63, 3.8) is 0 Å². The molecule has 0 amide bonds. The Morgan fingerprint density at radius 2 is 1.90 bits per heavy atom. The van der Waals surface area contributed by atoms with Crippen LogP contribution < -0.4 is 16.0 Å². The largest absolute Gasteiger partial charge is 0.573 e. The van der Waals surface area contributed by atoms with Crippen LogP contribution in [-0.4, -0.2) is 16.1 Å². The van der Waals surface area contributed by atoms with E-state index in [2.05, 4.69) is 9.84 Å². The van der Waals surface area contributed by atoms with E-state index in [1.165, 1.54) is 36.5 Å². The van der Waals surface area contributed by atoms with Crippen LogP contribution in [0.15, 0.2) is 41.3 Å². The number of nitrogens with zero attached hydrogens (tertiary/aromatic N) is 2. The fraction of sp³-hybridized carbons (Fsp3) is 0.167. The molecule has 0 bridgehead atoms. The molecule has 0 fully saturated rings. The van der Waals surface area contributed by atoms with Crippen molar-refractivity contribution in [2.45, 2.75) is 12.9 Å². The predicted molar refractivity (Wildman–Crippen MR) is 65.1 cm³/mol. The van der Waals surface area contributed by atoms with E-state index < -0.39 is 6.36 Å². The fourth-order valence-electron chi connectivity index (χ4n) is 1.54. The summed E-state index contributed by atoms with van der Waals surface area (Å²) in [5, 5.41) is 3.82. The minimum absolute atomic E-state index is 0.130. The second kappa shape index (κ2) is 5.24. The Labute approximate surface area is 111 Å². The summed E-state index contributed by atoms with van der Waals surface area (Å²) < 4.78 is 40.9. The molecule has 1 aromatic heterocycles. The van der Waals surface area contributed by atoms with Crippen molar-refractivity contribution >= 4 is 5.69 Å². The molecule has 0 aliphatic heterocycles. The maximum Gasteiger partial charge on any atom is 0.573 e. The topological polar surface area (TPSA) is 70.1 Å². The lowest BCUT2D eigenvalue weighted by Gasteiger charge is -2.09. The molecule has 2 aromatic rings. The van der Waals surface area contributed by atoms with Crippen LogP contribution in [0.1, 0.15) is 5.56 Å². The second-order valence-electron chi connectivity index (χ2n) is 3.98. The normalized spacial score (nSPS) is 11.3. The molecule has 2 N–H and O–H groups in total. The molecule has 1 aromatic carbocycles. The first-order valence-electron chi connectivity index (χ1n) is 5.51. The van der Waals surface area contributed by atoms with Gasteiger partial charge < -0.3 is 10.5 Å². The molecular formula is C12H10F3N3O2. The summed E-state index contributed by atoms with van der Waals surface area (Å²) in [6.45, 7) is 0.130. The zero-order chi connectivity index (χ0) is 14.8. The number of rotatable bonds is 3. The van der Waals surface area contributed by atoms with Crippen LogP contribution in [0.3, 0.4) is 0 Å². The van der Waals surface area contributed by atoms with Gasteiger partial charge >= 0.3 is 6.36 Å². The van der Waals surface area contributed by atoms with Crippen molar-refractivity contribution in [3.05, 3.63) is 52.4 Å². The van der Waals surface area contributed by atoms with Crippen LogP contribution >= 0.6 is 0 Å². The van der Waals surface area contributed by atoms with Crippen LogP contribution in [0, 0.1) is 0 Å². The van der Waals surface area contributed by atoms with Crippen LogP contribution in [0.25, 0.3) is 0 Å². The average molecular weight is 285 g/mol. The number of hydrogen-bond donors (Lipinski definition) is 1. The molecular weight excluding hydrogens is 275 g/mol. The van der Waals surface area contributed by atoms with Gasteiger partial charge in [0.05, 0.1) is 18.4 Å². The molecule has 106 valence electrons. The van der Waals surface area contributed by atoms with Gasteiger partial charge in [-0.05, 0) is 17.7 Å². The van der Waals surface area contributed by atoms with Gasteiger partial charge in [0, 0.05) is 6.07 Å². The highest BCUT2D eigenvalue weighted by atomic mass is 19.4. The van der Waals surface area contributed by atoms with E-state index in [0.29, 0.717) is 5.56 Å². The van der Waals surface area contributed by atoms with Gasteiger partial charge in [-0.15, -0.1) is 13.2 Å². The fourth-order valence-corrected chi connectivity index (χ4v) is 1.54. The summed E-state index contributed by atoms with van der Waals surface area (Å²) >= 11 is 0. The van der Waals surface area contributed by atoms with Crippen LogP contribution in [0.5, 0.6) is 5.75 Å². The van der Waals surface area contributed by atoms with E-state index in [-0.39, 0.29) is 23.5 Å².